The number of rotatable bonds is 10. The van der Waals surface area contributed by atoms with E-state index in [1.807, 2.05) is 73.3 Å². The number of anilines is 2. The molecule has 0 bridgehead atoms. The fourth-order valence-electron chi connectivity index (χ4n) is 3.42. The number of nitrogens with zero attached hydrogens (tertiary/aromatic N) is 4. The Morgan fingerprint density at radius 2 is 1.71 bits per heavy atom. The summed E-state index contributed by atoms with van der Waals surface area (Å²) in [6.07, 6.45) is 0. The molecule has 7 heteroatoms. The van der Waals surface area contributed by atoms with Gasteiger partial charge in [0.2, 0.25) is 0 Å². The molecule has 0 aliphatic heterocycles. The van der Waals surface area contributed by atoms with Crippen molar-refractivity contribution in [2.24, 2.45) is 0 Å². The Bertz CT molecular complexity index is 996. The molecular weight excluding hydrogens is 408 g/mol. The van der Waals surface area contributed by atoms with Crippen LogP contribution in [0.4, 0.5) is 10.8 Å². The van der Waals surface area contributed by atoms with Crippen molar-refractivity contribution in [1.82, 2.24) is 9.88 Å². The summed E-state index contributed by atoms with van der Waals surface area (Å²) < 4.78 is 6.77. The van der Waals surface area contributed by atoms with Crippen LogP contribution in [0.5, 0.6) is 5.75 Å². The molecule has 0 fully saturated rings. The first-order valence-corrected chi connectivity index (χ1v) is 11.6. The topological polar surface area (TPSA) is 48.9 Å². The van der Waals surface area contributed by atoms with Gasteiger partial charge in [-0.1, -0.05) is 31.3 Å². The summed E-state index contributed by atoms with van der Waals surface area (Å²) in [5.41, 5.74) is 2.54. The summed E-state index contributed by atoms with van der Waals surface area (Å²) in [7, 11) is 3.98. The Morgan fingerprint density at radius 1 is 1.00 bits per heavy atom. The lowest BCUT2D eigenvalue weighted by atomic mass is 10.1. The van der Waals surface area contributed by atoms with Crippen molar-refractivity contribution >= 4 is 38.3 Å². The molecule has 1 heterocycles. The zero-order valence-electron chi connectivity index (χ0n) is 19.1. The Hall–Kier alpha value is -2.64. The predicted octanol–water partition coefficient (Wildman–Crippen LogP) is 4.75. The van der Waals surface area contributed by atoms with Crippen LogP contribution in [0, 0.1) is 0 Å². The van der Waals surface area contributed by atoms with Gasteiger partial charge < -0.3 is 14.5 Å². The lowest BCUT2D eigenvalue weighted by Gasteiger charge is -2.25. The number of carbonyl (C=O) groups excluding carboxylic acids is 1. The molecule has 166 valence electrons. The second-order valence-electron chi connectivity index (χ2n) is 7.46. The highest BCUT2D eigenvalue weighted by atomic mass is 32.1. The van der Waals surface area contributed by atoms with E-state index in [0.29, 0.717) is 23.8 Å². The fourth-order valence-corrected chi connectivity index (χ4v) is 4.43. The van der Waals surface area contributed by atoms with Crippen molar-refractivity contribution in [2.45, 2.75) is 20.8 Å². The van der Waals surface area contributed by atoms with Gasteiger partial charge in [0, 0.05) is 38.4 Å². The minimum absolute atomic E-state index is 0.0329. The van der Waals surface area contributed by atoms with Crippen LogP contribution in [-0.4, -0.2) is 62.7 Å². The number of carbonyl (C=O) groups is 1. The SMILES string of the molecule is CCOc1cccc2sc(N(CCN(CC)CC)C(=O)c3ccc(N(C)C)cc3)nc12. The van der Waals surface area contributed by atoms with Crippen LogP contribution < -0.4 is 14.5 Å². The van der Waals surface area contributed by atoms with E-state index in [9.17, 15) is 4.79 Å². The maximum Gasteiger partial charge on any atom is 0.260 e. The summed E-state index contributed by atoms with van der Waals surface area (Å²) in [4.78, 5) is 24.5. The van der Waals surface area contributed by atoms with E-state index in [2.05, 4.69) is 18.7 Å². The predicted molar refractivity (Wildman–Crippen MR) is 131 cm³/mol. The molecule has 0 atom stereocenters. The highest BCUT2D eigenvalue weighted by Crippen LogP contribution is 2.34. The van der Waals surface area contributed by atoms with Crippen LogP contribution in [0.25, 0.3) is 10.2 Å². The van der Waals surface area contributed by atoms with E-state index < -0.39 is 0 Å². The summed E-state index contributed by atoms with van der Waals surface area (Å²) >= 11 is 1.53. The number of fused-ring (bicyclic) bond motifs is 1. The van der Waals surface area contributed by atoms with Gasteiger partial charge in [0.1, 0.15) is 11.3 Å². The maximum atomic E-state index is 13.5. The molecule has 0 N–H and O–H groups in total. The average Bonchev–Trinajstić information content (AvgIpc) is 3.21. The van der Waals surface area contributed by atoms with Gasteiger partial charge in [-0.25, -0.2) is 4.98 Å². The Balaban J connectivity index is 1.96. The van der Waals surface area contributed by atoms with Gasteiger partial charge in [0.25, 0.3) is 5.91 Å². The Morgan fingerprint density at radius 3 is 2.32 bits per heavy atom. The molecule has 31 heavy (non-hydrogen) atoms. The second-order valence-corrected chi connectivity index (χ2v) is 8.47. The van der Waals surface area contributed by atoms with Crippen LogP contribution in [0.15, 0.2) is 42.5 Å². The van der Waals surface area contributed by atoms with Crippen molar-refractivity contribution in [2.75, 3.05) is 56.7 Å². The van der Waals surface area contributed by atoms with Crippen LogP contribution >= 0.6 is 11.3 Å². The minimum atomic E-state index is -0.0329. The zero-order chi connectivity index (χ0) is 22.4. The number of thiazole rings is 1. The Kier molecular flexibility index (Phi) is 7.87. The molecule has 1 amide bonds. The average molecular weight is 441 g/mol. The molecule has 1 aromatic heterocycles. The molecular formula is C24H32N4O2S. The zero-order valence-corrected chi connectivity index (χ0v) is 19.9. The summed E-state index contributed by atoms with van der Waals surface area (Å²) in [5, 5.41) is 0.705. The van der Waals surface area contributed by atoms with E-state index in [1.54, 1.807) is 0 Å². The highest BCUT2D eigenvalue weighted by molar-refractivity contribution is 7.22. The maximum absolute atomic E-state index is 13.5. The van der Waals surface area contributed by atoms with Crippen LogP contribution in [0.1, 0.15) is 31.1 Å². The second kappa shape index (κ2) is 10.6. The van der Waals surface area contributed by atoms with Crippen molar-refractivity contribution in [3.05, 3.63) is 48.0 Å². The number of ether oxygens (including phenoxy) is 1. The largest absolute Gasteiger partial charge is 0.492 e. The van der Waals surface area contributed by atoms with Gasteiger partial charge in [0.05, 0.1) is 11.3 Å². The monoisotopic (exact) mass is 440 g/mol. The molecule has 0 saturated carbocycles. The number of hydrogen-bond acceptors (Lipinski definition) is 6. The van der Waals surface area contributed by atoms with Gasteiger partial charge >= 0.3 is 0 Å². The minimum Gasteiger partial charge on any atom is -0.492 e. The number of benzene rings is 2. The third-order valence-electron chi connectivity index (χ3n) is 5.31. The number of para-hydroxylation sites is 1. The van der Waals surface area contributed by atoms with Crippen molar-refractivity contribution in [3.63, 3.8) is 0 Å². The lowest BCUT2D eigenvalue weighted by molar-refractivity contribution is 0.0984. The van der Waals surface area contributed by atoms with E-state index in [-0.39, 0.29) is 5.91 Å². The molecule has 3 rings (SSSR count). The molecule has 0 radical (unpaired) electrons. The number of amides is 1. The van der Waals surface area contributed by atoms with Crippen LogP contribution in [0.2, 0.25) is 0 Å². The first-order chi connectivity index (χ1) is 15.0. The molecule has 0 unspecified atom stereocenters. The molecule has 2 aromatic carbocycles. The summed E-state index contributed by atoms with van der Waals surface area (Å²) in [5.74, 6) is 0.725. The lowest BCUT2D eigenvalue weighted by Crippen LogP contribution is -2.38. The van der Waals surface area contributed by atoms with E-state index in [1.165, 1.54) is 11.3 Å². The quantitative estimate of drug-likeness (QED) is 0.455. The molecule has 0 spiro atoms. The van der Waals surface area contributed by atoms with E-state index >= 15 is 0 Å². The number of likely N-dealkylation sites (N-methyl/N-ethyl adjacent to an activating group) is 1. The fraction of sp³-hybridized carbons (Fsp3) is 0.417. The molecule has 0 aliphatic rings. The van der Waals surface area contributed by atoms with Gasteiger partial charge in [-0.3, -0.25) is 9.69 Å². The van der Waals surface area contributed by atoms with Crippen molar-refractivity contribution < 1.29 is 9.53 Å². The normalized spacial score (nSPS) is 11.2. The first kappa shape index (κ1) is 23.0. The van der Waals surface area contributed by atoms with E-state index in [0.717, 1.165) is 41.3 Å². The van der Waals surface area contributed by atoms with Gasteiger partial charge in [-0.2, -0.15) is 0 Å². The number of hydrogen-bond donors (Lipinski definition) is 0. The molecule has 6 nitrogen and oxygen atoms in total. The molecule has 0 aliphatic carbocycles. The van der Waals surface area contributed by atoms with E-state index in [4.69, 9.17) is 9.72 Å². The standard InChI is InChI=1S/C24H32N4O2S/c1-6-27(7-2)16-17-28(23(29)18-12-14-19(15-13-18)26(4)5)24-25-22-20(30-8-3)10-9-11-21(22)31-24/h9-15H,6-8,16-17H2,1-5H3. The highest BCUT2D eigenvalue weighted by Gasteiger charge is 2.23. The van der Waals surface area contributed by atoms with Crippen LogP contribution in [-0.2, 0) is 0 Å². The smallest absolute Gasteiger partial charge is 0.260 e. The summed E-state index contributed by atoms with van der Waals surface area (Å²) in [6.45, 7) is 10.1. The summed E-state index contributed by atoms with van der Waals surface area (Å²) in [6, 6.07) is 13.7. The van der Waals surface area contributed by atoms with Gasteiger partial charge in [-0.15, -0.1) is 0 Å². The third kappa shape index (κ3) is 5.35. The van der Waals surface area contributed by atoms with Crippen molar-refractivity contribution in [1.29, 1.82) is 0 Å². The third-order valence-corrected chi connectivity index (χ3v) is 6.36. The molecule has 3 aromatic rings. The van der Waals surface area contributed by atoms with Gasteiger partial charge in [0.15, 0.2) is 5.13 Å². The van der Waals surface area contributed by atoms with Crippen molar-refractivity contribution in [3.8, 4) is 5.75 Å². The molecule has 0 saturated heterocycles. The van der Waals surface area contributed by atoms with Gasteiger partial charge in [-0.05, 0) is 56.4 Å². The van der Waals surface area contributed by atoms with Crippen LogP contribution in [0.3, 0.4) is 0 Å². The Labute approximate surface area is 189 Å². The first-order valence-electron chi connectivity index (χ1n) is 10.8. The number of aromatic nitrogens is 1.